The van der Waals surface area contributed by atoms with Gasteiger partial charge >= 0.3 is 0 Å². The molecule has 0 fully saturated rings. The third kappa shape index (κ3) is 4.31. The van der Waals surface area contributed by atoms with Crippen molar-refractivity contribution in [2.45, 2.75) is 39.4 Å². The van der Waals surface area contributed by atoms with Crippen LogP contribution in [-0.4, -0.2) is 19.1 Å². The van der Waals surface area contributed by atoms with Gasteiger partial charge in [-0.2, -0.15) is 0 Å². The van der Waals surface area contributed by atoms with Gasteiger partial charge in [-0.05, 0) is 30.2 Å². The fraction of sp³-hybridized carbons (Fsp3) is 0.318. The minimum atomic E-state index is -0.243. The van der Waals surface area contributed by atoms with Crippen molar-refractivity contribution in [3.05, 3.63) is 65.4 Å². The van der Waals surface area contributed by atoms with Crippen LogP contribution < -0.4 is 15.4 Å². The van der Waals surface area contributed by atoms with Crippen LogP contribution in [0.15, 0.2) is 52.9 Å². The standard InChI is InChI=1S/C22H26N2O3/c1-14(2)23-13-17-10-11-19(26-4)21-18(17)12-20(27-21)22(25)24-15(3)16-8-6-5-7-9-16/h5-12,14-15,23H,13H2,1-4H3,(H,24,25). The van der Waals surface area contributed by atoms with E-state index in [0.29, 0.717) is 23.9 Å². The molecule has 0 radical (unpaired) electrons. The number of amides is 1. The van der Waals surface area contributed by atoms with Gasteiger partial charge in [-0.1, -0.05) is 50.2 Å². The van der Waals surface area contributed by atoms with E-state index in [1.54, 1.807) is 13.2 Å². The summed E-state index contributed by atoms with van der Waals surface area (Å²) in [6.45, 7) is 6.84. The summed E-state index contributed by atoms with van der Waals surface area (Å²) in [5.41, 5.74) is 2.71. The van der Waals surface area contributed by atoms with E-state index in [9.17, 15) is 4.79 Å². The summed E-state index contributed by atoms with van der Waals surface area (Å²) in [5.74, 6) is 0.656. The number of hydrogen-bond acceptors (Lipinski definition) is 4. The highest BCUT2D eigenvalue weighted by atomic mass is 16.5. The zero-order valence-electron chi connectivity index (χ0n) is 16.2. The maximum Gasteiger partial charge on any atom is 0.287 e. The highest BCUT2D eigenvalue weighted by Gasteiger charge is 2.19. The van der Waals surface area contributed by atoms with Gasteiger partial charge in [0.25, 0.3) is 5.91 Å². The van der Waals surface area contributed by atoms with Crippen LogP contribution in [0.4, 0.5) is 0 Å². The lowest BCUT2D eigenvalue weighted by Crippen LogP contribution is -2.26. The van der Waals surface area contributed by atoms with E-state index < -0.39 is 0 Å². The molecule has 2 N–H and O–H groups in total. The quantitative estimate of drug-likeness (QED) is 0.649. The van der Waals surface area contributed by atoms with Gasteiger partial charge in [0, 0.05) is 18.0 Å². The van der Waals surface area contributed by atoms with Gasteiger partial charge in [0.2, 0.25) is 0 Å². The molecule has 1 aromatic heterocycles. The van der Waals surface area contributed by atoms with Crippen molar-refractivity contribution >= 4 is 16.9 Å². The van der Waals surface area contributed by atoms with Crippen LogP contribution in [0.2, 0.25) is 0 Å². The topological polar surface area (TPSA) is 63.5 Å². The minimum Gasteiger partial charge on any atom is -0.493 e. The Bertz CT molecular complexity index is 916. The molecule has 27 heavy (non-hydrogen) atoms. The summed E-state index contributed by atoms with van der Waals surface area (Å²) < 4.78 is 11.3. The molecule has 0 bridgehead atoms. The zero-order valence-corrected chi connectivity index (χ0v) is 16.2. The van der Waals surface area contributed by atoms with Gasteiger partial charge in [0.1, 0.15) is 0 Å². The van der Waals surface area contributed by atoms with Crippen LogP contribution in [0, 0.1) is 0 Å². The molecular formula is C22H26N2O3. The van der Waals surface area contributed by atoms with Crippen molar-refractivity contribution in [3.63, 3.8) is 0 Å². The Morgan fingerprint density at radius 1 is 1.11 bits per heavy atom. The van der Waals surface area contributed by atoms with Crippen molar-refractivity contribution in [1.29, 1.82) is 0 Å². The maximum atomic E-state index is 12.7. The van der Waals surface area contributed by atoms with Crippen molar-refractivity contribution in [1.82, 2.24) is 10.6 Å². The Morgan fingerprint density at radius 3 is 2.52 bits per heavy atom. The summed E-state index contributed by atoms with van der Waals surface area (Å²) >= 11 is 0. The van der Waals surface area contributed by atoms with Crippen LogP contribution in [0.1, 0.15) is 48.5 Å². The Labute approximate surface area is 159 Å². The van der Waals surface area contributed by atoms with Gasteiger partial charge < -0.3 is 19.8 Å². The average Bonchev–Trinajstić information content (AvgIpc) is 3.12. The van der Waals surface area contributed by atoms with E-state index in [-0.39, 0.29) is 17.7 Å². The van der Waals surface area contributed by atoms with Crippen molar-refractivity contribution in [2.75, 3.05) is 7.11 Å². The molecule has 0 aliphatic rings. The lowest BCUT2D eigenvalue weighted by Gasteiger charge is -2.12. The van der Waals surface area contributed by atoms with Crippen molar-refractivity contribution in [3.8, 4) is 5.75 Å². The molecule has 1 atom stereocenters. The summed E-state index contributed by atoms with van der Waals surface area (Å²) in [4.78, 5) is 12.7. The molecule has 5 nitrogen and oxygen atoms in total. The van der Waals surface area contributed by atoms with Gasteiger partial charge in [0.15, 0.2) is 17.1 Å². The maximum absolute atomic E-state index is 12.7. The fourth-order valence-corrected chi connectivity index (χ4v) is 2.99. The molecule has 142 valence electrons. The number of ether oxygens (including phenoxy) is 1. The molecule has 3 aromatic rings. The predicted octanol–water partition coefficient (Wildman–Crippen LogP) is 4.43. The van der Waals surface area contributed by atoms with E-state index in [0.717, 1.165) is 16.5 Å². The minimum absolute atomic E-state index is 0.115. The molecule has 0 saturated heterocycles. The monoisotopic (exact) mass is 366 g/mol. The number of carbonyl (C=O) groups excluding carboxylic acids is 1. The first-order valence-electron chi connectivity index (χ1n) is 9.18. The van der Waals surface area contributed by atoms with Gasteiger partial charge in [-0.15, -0.1) is 0 Å². The Balaban J connectivity index is 1.88. The molecule has 0 aliphatic heterocycles. The smallest absolute Gasteiger partial charge is 0.287 e. The highest BCUT2D eigenvalue weighted by molar-refractivity contribution is 5.98. The van der Waals surface area contributed by atoms with Gasteiger partial charge in [0.05, 0.1) is 13.2 Å². The first-order chi connectivity index (χ1) is 13.0. The van der Waals surface area contributed by atoms with E-state index in [4.69, 9.17) is 9.15 Å². The fourth-order valence-electron chi connectivity index (χ4n) is 2.99. The van der Waals surface area contributed by atoms with Crippen LogP contribution >= 0.6 is 0 Å². The Kier molecular flexibility index (Phi) is 5.81. The van der Waals surface area contributed by atoms with Gasteiger partial charge in [-0.25, -0.2) is 0 Å². The zero-order chi connectivity index (χ0) is 19.4. The lowest BCUT2D eigenvalue weighted by molar-refractivity contribution is 0.0914. The van der Waals surface area contributed by atoms with Crippen molar-refractivity contribution < 1.29 is 13.9 Å². The number of rotatable bonds is 7. The number of hydrogen-bond donors (Lipinski definition) is 2. The van der Waals surface area contributed by atoms with E-state index in [1.807, 2.05) is 49.4 Å². The number of furan rings is 1. The normalized spacial score (nSPS) is 12.3. The second-order valence-electron chi connectivity index (χ2n) is 6.92. The molecule has 5 heteroatoms. The molecule has 0 spiro atoms. The van der Waals surface area contributed by atoms with Crippen molar-refractivity contribution in [2.24, 2.45) is 0 Å². The van der Waals surface area contributed by atoms with Gasteiger partial charge in [-0.3, -0.25) is 4.79 Å². The molecule has 3 rings (SSSR count). The summed E-state index contributed by atoms with van der Waals surface area (Å²) in [6.07, 6.45) is 0. The third-order valence-electron chi connectivity index (χ3n) is 4.53. The number of carbonyl (C=O) groups is 1. The Hall–Kier alpha value is -2.79. The van der Waals surface area contributed by atoms with Crippen LogP contribution in [-0.2, 0) is 6.54 Å². The molecule has 0 aliphatic carbocycles. The molecule has 1 heterocycles. The summed E-state index contributed by atoms with van der Waals surface area (Å²) in [7, 11) is 1.60. The number of nitrogens with one attached hydrogen (secondary N) is 2. The molecule has 1 amide bonds. The van der Waals surface area contributed by atoms with Crippen LogP contribution in [0.25, 0.3) is 11.0 Å². The number of fused-ring (bicyclic) bond motifs is 1. The molecule has 1 unspecified atom stereocenters. The van der Waals surface area contributed by atoms with E-state index in [2.05, 4.69) is 24.5 Å². The SMILES string of the molecule is COc1ccc(CNC(C)C)c2cc(C(=O)NC(C)c3ccccc3)oc12. The summed E-state index contributed by atoms with van der Waals surface area (Å²) in [5, 5.41) is 7.28. The number of benzene rings is 2. The van der Waals surface area contributed by atoms with E-state index in [1.165, 1.54) is 0 Å². The summed E-state index contributed by atoms with van der Waals surface area (Å²) in [6, 6.07) is 15.8. The van der Waals surface area contributed by atoms with Crippen LogP contribution in [0.5, 0.6) is 5.75 Å². The average molecular weight is 366 g/mol. The molecular weight excluding hydrogens is 340 g/mol. The lowest BCUT2D eigenvalue weighted by atomic mass is 10.1. The molecule has 2 aromatic carbocycles. The third-order valence-corrected chi connectivity index (χ3v) is 4.53. The largest absolute Gasteiger partial charge is 0.493 e. The predicted molar refractivity (Wildman–Crippen MR) is 107 cm³/mol. The number of methoxy groups -OCH3 is 1. The second-order valence-corrected chi connectivity index (χ2v) is 6.92. The van der Waals surface area contributed by atoms with E-state index >= 15 is 0 Å². The second kappa shape index (κ2) is 8.27. The van der Waals surface area contributed by atoms with Crippen LogP contribution in [0.3, 0.4) is 0 Å². The highest BCUT2D eigenvalue weighted by Crippen LogP contribution is 2.32. The first-order valence-corrected chi connectivity index (χ1v) is 9.18. The molecule has 0 saturated carbocycles. The first kappa shape index (κ1) is 19.0. The Morgan fingerprint density at radius 2 is 1.85 bits per heavy atom.